The smallest absolute Gasteiger partial charge is 0.327 e. The summed E-state index contributed by atoms with van der Waals surface area (Å²) in [5.41, 5.74) is 6.41. The van der Waals surface area contributed by atoms with Gasteiger partial charge in [0.15, 0.2) is 0 Å². The van der Waals surface area contributed by atoms with Crippen LogP contribution in [-0.2, 0) is 24.0 Å². The zero-order valence-electron chi connectivity index (χ0n) is 17.9. The van der Waals surface area contributed by atoms with Gasteiger partial charge in [-0.25, -0.2) is 4.79 Å². The average Bonchev–Trinajstić information content (AvgIpc) is 3.02. The molecule has 4 amide bonds. The maximum Gasteiger partial charge on any atom is 0.327 e. The Hall–Kier alpha value is -3.32. The summed E-state index contributed by atoms with van der Waals surface area (Å²) in [7, 11) is 0. The monoisotopic (exact) mass is 479 g/mol. The first kappa shape index (κ1) is 24.3. The molecule has 3 aliphatic rings. The average molecular weight is 480 g/mol. The highest BCUT2D eigenvalue weighted by Gasteiger charge is 2.64. The number of thioether (sulfide) groups is 1. The Labute approximate surface area is 193 Å². The van der Waals surface area contributed by atoms with Gasteiger partial charge in [0.2, 0.25) is 11.8 Å². The normalized spacial score (nSPS) is 26.0. The molecule has 33 heavy (non-hydrogen) atoms. The van der Waals surface area contributed by atoms with Crippen molar-refractivity contribution in [3.8, 4) is 5.75 Å². The molecule has 3 aliphatic heterocycles. The van der Waals surface area contributed by atoms with Gasteiger partial charge >= 0.3 is 17.8 Å². The minimum Gasteiger partial charge on any atom is -0.508 e. The number of hydrogen-bond donors (Lipinski definition) is 6. The van der Waals surface area contributed by atoms with Crippen molar-refractivity contribution in [1.29, 1.82) is 0 Å². The Morgan fingerprint density at radius 3 is 2.18 bits per heavy atom. The number of rotatable bonds is 4. The molecule has 0 spiro atoms. The molecule has 4 rings (SSSR count). The number of aliphatic carboxylic acids is 1. The van der Waals surface area contributed by atoms with Crippen LogP contribution in [0.2, 0.25) is 0 Å². The van der Waals surface area contributed by atoms with Crippen LogP contribution < -0.4 is 21.7 Å². The molecule has 12 nitrogen and oxygen atoms in total. The van der Waals surface area contributed by atoms with Gasteiger partial charge in [-0.05, 0) is 31.5 Å². The zero-order chi connectivity index (χ0) is 24.5. The number of amides is 4. The first-order valence-corrected chi connectivity index (χ1v) is 11.0. The van der Waals surface area contributed by atoms with Gasteiger partial charge in [0.05, 0.1) is 0 Å². The van der Waals surface area contributed by atoms with Gasteiger partial charge < -0.3 is 36.8 Å². The van der Waals surface area contributed by atoms with E-state index in [4.69, 9.17) is 5.73 Å². The fourth-order valence-corrected chi connectivity index (χ4v) is 5.36. The van der Waals surface area contributed by atoms with E-state index in [1.165, 1.54) is 40.9 Å². The Morgan fingerprint density at radius 1 is 1.15 bits per heavy atom. The predicted molar refractivity (Wildman–Crippen MR) is 117 cm³/mol. The van der Waals surface area contributed by atoms with E-state index in [2.05, 4.69) is 16.0 Å². The summed E-state index contributed by atoms with van der Waals surface area (Å²) < 4.78 is -0.648. The third-order valence-corrected chi connectivity index (χ3v) is 6.98. The maximum absolute atomic E-state index is 12.3. The zero-order valence-corrected chi connectivity index (χ0v) is 18.7. The molecule has 0 radical (unpaired) electrons. The number of benzene rings is 1. The summed E-state index contributed by atoms with van der Waals surface area (Å²) in [4.78, 5) is 58.0. The van der Waals surface area contributed by atoms with Gasteiger partial charge in [0.1, 0.15) is 29.2 Å². The first-order chi connectivity index (χ1) is 15.4. The summed E-state index contributed by atoms with van der Waals surface area (Å²) >= 11 is 1.35. The van der Waals surface area contributed by atoms with Crippen LogP contribution in [0.3, 0.4) is 0 Å². The Morgan fingerprint density at radius 2 is 1.70 bits per heavy atom. The van der Waals surface area contributed by atoms with E-state index in [0.717, 1.165) is 0 Å². The van der Waals surface area contributed by atoms with Crippen LogP contribution in [0.4, 0.5) is 0 Å². The molecule has 13 heteroatoms. The molecule has 3 saturated heterocycles. The molecule has 0 saturated carbocycles. The quantitative estimate of drug-likeness (QED) is 0.215. The van der Waals surface area contributed by atoms with Gasteiger partial charge in [0.25, 0.3) is 0 Å². The van der Waals surface area contributed by atoms with Crippen LogP contribution in [0.5, 0.6) is 5.75 Å². The van der Waals surface area contributed by atoms with Crippen molar-refractivity contribution < 1.29 is 34.2 Å². The Kier molecular flexibility index (Phi) is 6.84. The largest absolute Gasteiger partial charge is 0.508 e. The summed E-state index contributed by atoms with van der Waals surface area (Å²) in [5, 5.41) is 25.6. The lowest BCUT2D eigenvalue weighted by Crippen LogP contribution is -2.71. The lowest BCUT2D eigenvalue weighted by molar-refractivity contribution is -0.161. The third kappa shape index (κ3) is 4.88. The molecule has 0 unspecified atom stereocenters. The van der Waals surface area contributed by atoms with Crippen LogP contribution in [-0.4, -0.2) is 80.0 Å². The van der Waals surface area contributed by atoms with Crippen LogP contribution in [0, 0.1) is 0 Å². The van der Waals surface area contributed by atoms with Crippen LogP contribution in [0.25, 0.3) is 0 Å². The third-order valence-electron chi connectivity index (χ3n) is 5.41. The van der Waals surface area contributed by atoms with Crippen molar-refractivity contribution in [1.82, 2.24) is 20.9 Å². The standard InChI is InChI=1S/C16H19N3O5S.C4H6N2O2/c1-16(2)11(15(23)24)19-13(22)10(14(19)25-16)18-12(21)9(17)7-3-5-8(20)6-4-7;7-3-4(8)6-2-1-5-3/h3-6,9-11,14,20H,17H2,1-2H3,(H,18,21)(H,23,24);1-2H2,(H,5,7)(H,6,8)/t9-,10-,11+,14-;/m1./s1. The van der Waals surface area contributed by atoms with Crippen molar-refractivity contribution in [2.45, 2.75) is 42.1 Å². The number of carbonyl (C=O) groups excluding carboxylic acids is 4. The number of piperazine rings is 1. The van der Waals surface area contributed by atoms with E-state index in [9.17, 15) is 34.2 Å². The van der Waals surface area contributed by atoms with E-state index in [0.29, 0.717) is 18.7 Å². The number of aromatic hydroxyl groups is 1. The van der Waals surface area contributed by atoms with Gasteiger partial charge in [-0.15, -0.1) is 11.8 Å². The summed E-state index contributed by atoms with van der Waals surface area (Å²) in [6.45, 7) is 4.63. The molecule has 178 valence electrons. The number of carbonyl (C=O) groups is 5. The van der Waals surface area contributed by atoms with E-state index in [-0.39, 0.29) is 5.75 Å². The van der Waals surface area contributed by atoms with Crippen molar-refractivity contribution in [3.63, 3.8) is 0 Å². The number of nitrogens with two attached hydrogens (primary N) is 1. The van der Waals surface area contributed by atoms with Gasteiger partial charge in [0, 0.05) is 17.8 Å². The summed E-state index contributed by atoms with van der Waals surface area (Å²) in [6.07, 6.45) is 0. The number of phenolic OH excluding ortho intramolecular Hbond substituents is 1. The number of carboxylic acid groups (broad SMARTS) is 1. The fraction of sp³-hybridized carbons (Fsp3) is 0.450. The molecule has 0 bridgehead atoms. The second-order valence-electron chi connectivity index (χ2n) is 8.17. The van der Waals surface area contributed by atoms with Gasteiger partial charge in [-0.2, -0.15) is 0 Å². The lowest BCUT2D eigenvalue weighted by Gasteiger charge is -2.43. The summed E-state index contributed by atoms with van der Waals surface area (Å²) in [5.74, 6) is -3.00. The number of nitrogens with one attached hydrogen (secondary N) is 3. The minimum absolute atomic E-state index is 0.0606. The van der Waals surface area contributed by atoms with Gasteiger partial charge in [-0.3, -0.25) is 19.2 Å². The predicted octanol–water partition coefficient (Wildman–Crippen LogP) is -1.74. The Balaban J connectivity index is 0.000000323. The van der Waals surface area contributed by atoms with Crippen LogP contribution in [0.15, 0.2) is 24.3 Å². The first-order valence-electron chi connectivity index (χ1n) is 10.1. The number of phenols is 1. The van der Waals surface area contributed by atoms with Crippen molar-refractivity contribution in [2.75, 3.05) is 13.1 Å². The lowest BCUT2D eigenvalue weighted by atomic mass is 9.95. The van der Waals surface area contributed by atoms with E-state index >= 15 is 0 Å². The molecular weight excluding hydrogens is 454 g/mol. The number of carboxylic acids is 1. The van der Waals surface area contributed by atoms with Crippen molar-refractivity contribution >= 4 is 41.4 Å². The molecule has 7 N–H and O–H groups in total. The molecule has 3 heterocycles. The molecular formula is C20H25N5O7S. The molecule has 4 atom stereocenters. The number of hydrogen-bond acceptors (Lipinski definition) is 8. The van der Waals surface area contributed by atoms with Crippen LogP contribution >= 0.6 is 11.8 Å². The molecule has 1 aromatic rings. The van der Waals surface area contributed by atoms with E-state index in [1.807, 2.05) is 0 Å². The molecule has 0 aliphatic carbocycles. The topological polar surface area (TPSA) is 191 Å². The van der Waals surface area contributed by atoms with Crippen molar-refractivity contribution in [3.05, 3.63) is 29.8 Å². The second kappa shape index (κ2) is 9.27. The maximum atomic E-state index is 12.3. The Bertz CT molecular complexity index is 968. The highest BCUT2D eigenvalue weighted by atomic mass is 32.2. The second-order valence-corrected chi connectivity index (χ2v) is 9.94. The van der Waals surface area contributed by atoms with E-state index < -0.39 is 57.8 Å². The number of β-lactam (4-membered cyclic amide) rings is 1. The number of nitrogens with zero attached hydrogens (tertiary/aromatic N) is 1. The fourth-order valence-electron chi connectivity index (χ4n) is 3.73. The number of fused-ring (bicyclic) bond motifs is 1. The van der Waals surface area contributed by atoms with Gasteiger partial charge in [-0.1, -0.05) is 12.1 Å². The highest BCUT2D eigenvalue weighted by Crippen LogP contribution is 2.50. The molecule has 1 aromatic carbocycles. The van der Waals surface area contributed by atoms with Crippen LogP contribution in [0.1, 0.15) is 25.5 Å². The molecule has 3 fully saturated rings. The summed E-state index contributed by atoms with van der Waals surface area (Å²) in [6, 6.07) is 3.21. The highest BCUT2D eigenvalue weighted by molar-refractivity contribution is 8.01. The minimum atomic E-state index is -1.06. The van der Waals surface area contributed by atoms with Crippen molar-refractivity contribution in [2.24, 2.45) is 5.73 Å². The SMILES string of the molecule is CC1(C)S[C@@H]2[C@H](NC(=O)[C@H](N)c3ccc(O)cc3)C(=O)N2[C@H]1C(=O)O.O=C1NCCNC1=O. The van der Waals surface area contributed by atoms with E-state index in [1.54, 1.807) is 13.8 Å². The molecule has 0 aromatic heterocycles.